The molecule has 2 unspecified atom stereocenters. The molecule has 5 heteroatoms. The van der Waals surface area contributed by atoms with Crippen LogP contribution in [-0.4, -0.2) is 38.2 Å². The van der Waals surface area contributed by atoms with Crippen molar-refractivity contribution in [1.29, 1.82) is 0 Å². The molecule has 7 atom stereocenters. The van der Waals surface area contributed by atoms with E-state index in [1.54, 1.807) is 0 Å². The smallest absolute Gasteiger partial charge is 0.302 e. The average Bonchev–Trinajstić information content (AvgIpc) is 3.00. The molecule has 0 aromatic carbocycles. The first kappa shape index (κ1) is 24.5. The summed E-state index contributed by atoms with van der Waals surface area (Å²) in [5, 5.41) is 11.0. The summed E-state index contributed by atoms with van der Waals surface area (Å²) < 4.78 is 12.6. The number of hydrogen-bond acceptors (Lipinski definition) is 4. The van der Waals surface area contributed by atoms with Crippen molar-refractivity contribution in [2.75, 3.05) is 6.61 Å². The fraction of sp³-hybridized carbons (Fsp3) is 0.889. The topological polar surface area (TPSA) is 55.8 Å². The van der Waals surface area contributed by atoms with Crippen molar-refractivity contribution in [2.45, 2.75) is 116 Å². The monoisotopic (exact) mass is 462 g/mol. The molecule has 0 bridgehead atoms. The molecule has 0 spiro atoms. The Hall–Kier alpha value is -0.653. The zero-order chi connectivity index (χ0) is 23.5. The average molecular weight is 463 g/mol. The summed E-state index contributed by atoms with van der Waals surface area (Å²) in [5.41, 5.74) is 1.53. The largest absolute Gasteiger partial charge is 0.465 e. The number of hydrogen-bond donors (Lipinski definition) is 1. The second-order valence-corrected chi connectivity index (χ2v) is 17.9. The minimum atomic E-state index is -1.82. The first-order valence-corrected chi connectivity index (χ1v) is 15.9. The van der Waals surface area contributed by atoms with E-state index in [1.165, 1.54) is 12.5 Å². The van der Waals surface area contributed by atoms with Gasteiger partial charge in [-0.25, -0.2) is 0 Å². The lowest BCUT2D eigenvalue weighted by Crippen LogP contribution is -2.54. The molecule has 4 aliphatic carbocycles. The number of esters is 1. The molecule has 4 aliphatic rings. The summed E-state index contributed by atoms with van der Waals surface area (Å²) in [6.45, 7) is 16.0. The van der Waals surface area contributed by atoms with Crippen molar-refractivity contribution in [2.24, 2.45) is 28.6 Å². The summed E-state index contributed by atoms with van der Waals surface area (Å²) in [6, 6.07) is 0. The Morgan fingerprint density at radius 3 is 2.53 bits per heavy atom. The van der Waals surface area contributed by atoms with Crippen LogP contribution in [0.4, 0.5) is 0 Å². The van der Waals surface area contributed by atoms with Crippen LogP contribution in [0, 0.1) is 28.6 Å². The predicted molar refractivity (Wildman–Crippen MR) is 131 cm³/mol. The molecule has 0 aliphatic heterocycles. The van der Waals surface area contributed by atoms with E-state index in [-0.39, 0.29) is 34.0 Å². The molecular weight excluding hydrogens is 416 g/mol. The third-order valence-corrected chi connectivity index (χ3v) is 15.1. The molecule has 0 radical (unpaired) electrons. The van der Waals surface area contributed by atoms with Gasteiger partial charge in [-0.3, -0.25) is 4.79 Å². The van der Waals surface area contributed by atoms with Gasteiger partial charge in [0.2, 0.25) is 0 Å². The SMILES string of the molecule is CC(=O)OC[C@]12CCC(O[Si](C)(C)C(C)(C)C)CC1=CC[C@@H]1[C@H]2CC[C@]2(C)C(O)CC[C@@H]12. The van der Waals surface area contributed by atoms with Gasteiger partial charge >= 0.3 is 5.97 Å². The van der Waals surface area contributed by atoms with Gasteiger partial charge in [-0.2, -0.15) is 0 Å². The number of carbonyl (C=O) groups excluding carboxylic acids is 1. The standard InChI is InChI=1S/C27H46O4Si/c1-18(28)30-17-27-15-12-20(31-32(6,7)25(2,3)4)16-19(27)8-9-21-22-10-11-24(29)26(22,5)14-13-23(21)27/h8,20-24,29H,9-17H2,1-7H3/t20?,21-,22-,23+,24?,26-,27+/m0/s1. The van der Waals surface area contributed by atoms with E-state index in [0.717, 1.165) is 51.4 Å². The molecule has 1 N–H and O–H groups in total. The number of aliphatic hydroxyl groups excluding tert-OH is 1. The number of fused-ring (bicyclic) bond motifs is 5. The molecule has 32 heavy (non-hydrogen) atoms. The fourth-order valence-corrected chi connectivity index (χ4v) is 8.98. The van der Waals surface area contributed by atoms with Crippen LogP contribution in [0.25, 0.3) is 0 Å². The van der Waals surface area contributed by atoms with E-state index >= 15 is 0 Å². The highest BCUT2D eigenvalue weighted by molar-refractivity contribution is 6.74. The van der Waals surface area contributed by atoms with Gasteiger partial charge < -0.3 is 14.3 Å². The Kier molecular flexibility index (Phi) is 6.30. The van der Waals surface area contributed by atoms with Gasteiger partial charge in [-0.1, -0.05) is 39.3 Å². The molecule has 4 rings (SSSR count). The van der Waals surface area contributed by atoms with Crippen molar-refractivity contribution < 1.29 is 19.1 Å². The molecule has 0 aromatic rings. The van der Waals surface area contributed by atoms with E-state index < -0.39 is 8.32 Å². The van der Waals surface area contributed by atoms with Crippen molar-refractivity contribution in [3.05, 3.63) is 11.6 Å². The van der Waals surface area contributed by atoms with Crippen LogP contribution in [0.1, 0.15) is 86.0 Å². The molecular formula is C27H46O4Si. The third-order valence-electron chi connectivity index (χ3n) is 10.5. The number of ether oxygens (including phenoxy) is 1. The van der Waals surface area contributed by atoms with Crippen LogP contribution in [0.15, 0.2) is 11.6 Å². The Bertz CT molecular complexity index is 768. The lowest BCUT2D eigenvalue weighted by atomic mass is 9.47. The number of allylic oxidation sites excluding steroid dienone is 1. The van der Waals surface area contributed by atoms with E-state index in [2.05, 4.69) is 46.9 Å². The number of carbonyl (C=O) groups is 1. The number of rotatable bonds is 4. The first-order chi connectivity index (χ1) is 14.8. The van der Waals surface area contributed by atoms with E-state index in [1.807, 2.05) is 0 Å². The highest BCUT2D eigenvalue weighted by Crippen LogP contribution is 2.65. The highest BCUT2D eigenvalue weighted by atomic mass is 28.4. The van der Waals surface area contributed by atoms with Gasteiger partial charge in [0.25, 0.3) is 0 Å². The van der Waals surface area contributed by atoms with Crippen molar-refractivity contribution in [1.82, 2.24) is 0 Å². The van der Waals surface area contributed by atoms with Gasteiger partial charge in [0.05, 0.1) is 6.10 Å². The number of aliphatic hydroxyl groups is 1. The molecule has 3 saturated carbocycles. The van der Waals surface area contributed by atoms with Crippen LogP contribution in [0.2, 0.25) is 18.1 Å². The van der Waals surface area contributed by atoms with Gasteiger partial charge in [0.1, 0.15) is 6.61 Å². The highest BCUT2D eigenvalue weighted by Gasteiger charge is 2.60. The quantitative estimate of drug-likeness (QED) is 0.305. The van der Waals surface area contributed by atoms with E-state index in [0.29, 0.717) is 24.4 Å². The third kappa shape index (κ3) is 3.94. The van der Waals surface area contributed by atoms with E-state index in [4.69, 9.17) is 9.16 Å². The van der Waals surface area contributed by atoms with Crippen LogP contribution in [-0.2, 0) is 14.0 Å². The molecule has 4 nitrogen and oxygen atoms in total. The van der Waals surface area contributed by atoms with E-state index in [9.17, 15) is 9.90 Å². The minimum absolute atomic E-state index is 0.0310. The van der Waals surface area contributed by atoms with Gasteiger partial charge in [0, 0.05) is 18.4 Å². The van der Waals surface area contributed by atoms with Crippen LogP contribution < -0.4 is 0 Å². The molecule has 0 amide bonds. The molecule has 0 saturated heterocycles. The Labute approximate surface area is 196 Å². The van der Waals surface area contributed by atoms with Gasteiger partial charge in [0.15, 0.2) is 8.32 Å². The van der Waals surface area contributed by atoms with Crippen LogP contribution in [0.3, 0.4) is 0 Å². The molecule has 182 valence electrons. The summed E-state index contributed by atoms with van der Waals surface area (Å²) in [5.74, 6) is 1.57. The summed E-state index contributed by atoms with van der Waals surface area (Å²) in [6.07, 6.45) is 11.2. The maximum atomic E-state index is 11.9. The van der Waals surface area contributed by atoms with Crippen LogP contribution in [0.5, 0.6) is 0 Å². The molecule has 0 heterocycles. The van der Waals surface area contributed by atoms with Crippen molar-refractivity contribution in [3.63, 3.8) is 0 Å². The maximum absolute atomic E-state index is 11.9. The Morgan fingerprint density at radius 1 is 1.16 bits per heavy atom. The van der Waals surface area contributed by atoms with Crippen molar-refractivity contribution in [3.8, 4) is 0 Å². The summed E-state index contributed by atoms with van der Waals surface area (Å²) in [7, 11) is -1.82. The normalized spacial score (nSPS) is 41.9. The molecule has 3 fully saturated rings. The summed E-state index contributed by atoms with van der Waals surface area (Å²) in [4.78, 5) is 11.9. The Balaban J connectivity index is 1.61. The second kappa shape index (κ2) is 8.23. The van der Waals surface area contributed by atoms with Gasteiger partial charge in [-0.05, 0) is 92.7 Å². The van der Waals surface area contributed by atoms with Crippen LogP contribution >= 0.6 is 0 Å². The van der Waals surface area contributed by atoms with Crippen molar-refractivity contribution >= 4 is 14.3 Å². The lowest BCUT2D eigenvalue weighted by molar-refractivity contribution is -0.150. The maximum Gasteiger partial charge on any atom is 0.302 e. The first-order valence-electron chi connectivity index (χ1n) is 13.0. The minimum Gasteiger partial charge on any atom is -0.465 e. The molecule has 0 aromatic heterocycles. The zero-order valence-electron chi connectivity index (χ0n) is 21.5. The lowest BCUT2D eigenvalue weighted by Gasteiger charge is -2.58. The summed E-state index contributed by atoms with van der Waals surface area (Å²) >= 11 is 0. The second-order valence-electron chi connectivity index (χ2n) is 13.2. The van der Waals surface area contributed by atoms with Gasteiger partial charge in [-0.15, -0.1) is 0 Å². The zero-order valence-corrected chi connectivity index (χ0v) is 22.5. The Morgan fingerprint density at radius 2 is 1.88 bits per heavy atom. The predicted octanol–water partition coefficient (Wildman–Crippen LogP) is 6.24. The fourth-order valence-electron chi connectivity index (χ4n) is 7.59.